The Labute approximate surface area is 132 Å². The van der Waals surface area contributed by atoms with Crippen LogP contribution in [0.3, 0.4) is 0 Å². The predicted octanol–water partition coefficient (Wildman–Crippen LogP) is 2.52. The van der Waals surface area contributed by atoms with Crippen LogP contribution in [-0.2, 0) is 12.2 Å². The fourth-order valence-corrected chi connectivity index (χ4v) is 2.88. The van der Waals surface area contributed by atoms with Gasteiger partial charge in [0.15, 0.2) is 0 Å². The third-order valence-corrected chi connectivity index (χ3v) is 4.13. The Hall–Kier alpha value is -2.22. The van der Waals surface area contributed by atoms with Crippen LogP contribution in [0.25, 0.3) is 5.69 Å². The maximum Gasteiger partial charge on any atom is 0.226 e. The summed E-state index contributed by atoms with van der Waals surface area (Å²) in [5.41, 5.74) is 3.26. The van der Waals surface area contributed by atoms with E-state index in [-0.39, 0.29) is 0 Å². The van der Waals surface area contributed by atoms with Crippen molar-refractivity contribution in [2.75, 3.05) is 0 Å². The molecule has 0 spiro atoms. The van der Waals surface area contributed by atoms with Crippen molar-refractivity contribution in [2.45, 2.75) is 38.1 Å². The van der Waals surface area contributed by atoms with Gasteiger partial charge < -0.3 is 4.42 Å². The molecule has 1 aromatic carbocycles. The predicted molar refractivity (Wildman–Crippen MR) is 81.9 cm³/mol. The van der Waals surface area contributed by atoms with Crippen molar-refractivity contribution in [1.82, 2.24) is 30.4 Å². The molecule has 0 amide bonds. The summed E-state index contributed by atoms with van der Waals surface area (Å²) in [7, 11) is 0. The highest BCUT2D eigenvalue weighted by Crippen LogP contribution is 2.25. The SMILES string of the molecule is CCc1nnc(CSc2nnnn2-c2c(C)cccc2C)o1. The first-order valence-corrected chi connectivity index (χ1v) is 7.96. The summed E-state index contributed by atoms with van der Waals surface area (Å²) in [4.78, 5) is 0. The molecule has 2 heterocycles. The fraction of sp³-hybridized carbons (Fsp3) is 0.357. The Morgan fingerprint density at radius 1 is 1.09 bits per heavy atom. The Balaban J connectivity index is 1.83. The van der Waals surface area contributed by atoms with Crippen LogP contribution >= 0.6 is 11.8 Å². The molecule has 3 aromatic rings. The van der Waals surface area contributed by atoms with Gasteiger partial charge in [0.25, 0.3) is 0 Å². The smallest absolute Gasteiger partial charge is 0.226 e. The van der Waals surface area contributed by atoms with Crippen LogP contribution in [0.2, 0.25) is 0 Å². The van der Waals surface area contributed by atoms with E-state index in [1.54, 1.807) is 4.68 Å². The van der Waals surface area contributed by atoms with E-state index in [2.05, 4.69) is 25.7 Å². The van der Waals surface area contributed by atoms with Crippen LogP contribution < -0.4 is 0 Å². The second-order valence-corrected chi connectivity index (χ2v) is 5.79. The highest BCUT2D eigenvalue weighted by molar-refractivity contribution is 7.98. The lowest BCUT2D eigenvalue weighted by Gasteiger charge is -2.09. The van der Waals surface area contributed by atoms with E-state index in [0.717, 1.165) is 23.2 Å². The van der Waals surface area contributed by atoms with Gasteiger partial charge in [-0.05, 0) is 35.4 Å². The number of nitrogens with zero attached hydrogens (tertiary/aromatic N) is 6. The maximum atomic E-state index is 5.50. The minimum absolute atomic E-state index is 0.540. The molecule has 114 valence electrons. The molecule has 8 heteroatoms. The average Bonchev–Trinajstić information content (AvgIpc) is 3.14. The van der Waals surface area contributed by atoms with Crippen molar-refractivity contribution in [1.29, 1.82) is 0 Å². The van der Waals surface area contributed by atoms with Gasteiger partial charge in [-0.3, -0.25) is 0 Å². The molecule has 0 bridgehead atoms. The van der Waals surface area contributed by atoms with Crippen LogP contribution in [0.5, 0.6) is 0 Å². The lowest BCUT2D eigenvalue weighted by Crippen LogP contribution is -2.04. The molecule has 7 nitrogen and oxygen atoms in total. The van der Waals surface area contributed by atoms with Crippen molar-refractivity contribution in [3.05, 3.63) is 41.1 Å². The van der Waals surface area contributed by atoms with E-state index in [4.69, 9.17) is 4.42 Å². The second-order valence-electron chi connectivity index (χ2n) is 4.85. The largest absolute Gasteiger partial charge is 0.424 e. The minimum Gasteiger partial charge on any atom is -0.424 e. The lowest BCUT2D eigenvalue weighted by molar-refractivity contribution is 0.469. The van der Waals surface area contributed by atoms with Crippen LogP contribution in [0.15, 0.2) is 27.8 Å². The van der Waals surface area contributed by atoms with E-state index in [0.29, 0.717) is 22.7 Å². The summed E-state index contributed by atoms with van der Waals surface area (Å²) in [5.74, 6) is 1.76. The van der Waals surface area contributed by atoms with Gasteiger partial charge in [0.1, 0.15) is 0 Å². The summed E-state index contributed by atoms with van der Waals surface area (Å²) >= 11 is 1.47. The minimum atomic E-state index is 0.540. The summed E-state index contributed by atoms with van der Waals surface area (Å²) < 4.78 is 7.26. The molecular weight excluding hydrogens is 300 g/mol. The third kappa shape index (κ3) is 2.87. The first kappa shape index (κ1) is 14.7. The Morgan fingerprint density at radius 2 is 1.82 bits per heavy atom. The summed E-state index contributed by atoms with van der Waals surface area (Å²) in [6, 6.07) is 6.12. The maximum absolute atomic E-state index is 5.50. The molecule has 3 rings (SSSR count). The first-order valence-electron chi connectivity index (χ1n) is 6.98. The Kier molecular flexibility index (Phi) is 4.19. The van der Waals surface area contributed by atoms with Gasteiger partial charge in [0, 0.05) is 6.42 Å². The van der Waals surface area contributed by atoms with Crippen LogP contribution in [0.1, 0.15) is 29.8 Å². The normalized spacial score (nSPS) is 11.0. The fourth-order valence-electron chi connectivity index (χ4n) is 2.16. The second kappa shape index (κ2) is 6.27. The van der Waals surface area contributed by atoms with Crippen molar-refractivity contribution < 1.29 is 4.42 Å². The van der Waals surface area contributed by atoms with E-state index >= 15 is 0 Å². The van der Waals surface area contributed by atoms with Gasteiger partial charge in [-0.2, -0.15) is 4.68 Å². The van der Waals surface area contributed by atoms with Crippen LogP contribution in [0.4, 0.5) is 0 Å². The zero-order chi connectivity index (χ0) is 15.5. The highest BCUT2D eigenvalue weighted by Gasteiger charge is 2.14. The molecule has 22 heavy (non-hydrogen) atoms. The number of hydrogen-bond donors (Lipinski definition) is 0. The molecule has 0 saturated heterocycles. The van der Waals surface area contributed by atoms with E-state index in [9.17, 15) is 0 Å². The van der Waals surface area contributed by atoms with Gasteiger partial charge in [-0.25, -0.2) is 0 Å². The number of para-hydroxylation sites is 1. The average molecular weight is 316 g/mol. The molecule has 0 aliphatic carbocycles. The zero-order valence-electron chi connectivity index (χ0n) is 12.6. The molecule has 0 aliphatic rings. The van der Waals surface area contributed by atoms with Crippen LogP contribution in [0, 0.1) is 13.8 Å². The quantitative estimate of drug-likeness (QED) is 0.669. The van der Waals surface area contributed by atoms with Crippen molar-refractivity contribution in [2.24, 2.45) is 0 Å². The number of thioether (sulfide) groups is 1. The van der Waals surface area contributed by atoms with Crippen molar-refractivity contribution in [3.63, 3.8) is 0 Å². The van der Waals surface area contributed by atoms with Gasteiger partial charge in [0.2, 0.25) is 16.9 Å². The number of benzene rings is 1. The van der Waals surface area contributed by atoms with Crippen molar-refractivity contribution >= 4 is 11.8 Å². The van der Waals surface area contributed by atoms with Crippen LogP contribution in [-0.4, -0.2) is 30.4 Å². The number of rotatable bonds is 5. The number of tetrazole rings is 1. The molecule has 0 atom stereocenters. The number of hydrogen-bond acceptors (Lipinski definition) is 7. The molecule has 0 N–H and O–H groups in total. The Bertz CT molecular complexity index is 761. The summed E-state index contributed by atoms with van der Waals surface area (Å²) in [6.45, 7) is 6.07. The number of aromatic nitrogens is 6. The molecule has 0 aliphatic heterocycles. The molecule has 0 fully saturated rings. The van der Waals surface area contributed by atoms with E-state index in [1.807, 2.05) is 39.0 Å². The topological polar surface area (TPSA) is 82.5 Å². The van der Waals surface area contributed by atoms with Gasteiger partial charge >= 0.3 is 0 Å². The molecular formula is C14H16N6OS. The van der Waals surface area contributed by atoms with Gasteiger partial charge in [0.05, 0.1) is 11.4 Å². The molecule has 0 saturated carbocycles. The highest BCUT2D eigenvalue weighted by atomic mass is 32.2. The first-order chi connectivity index (χ1) is 10.7. The van der Waals surface area contributed by atoms with Crippen molar-refractivity contribution in [3.8, 4) is 5.69 Å². The van der Waals surface area contributed by atoms with E-state index in [1.165, 1.54) is 11.8 Å². The van der Waals surface area contributed by atoms with E-state index < -0.39 is 0 Å². The lowest BCUT2D eigenvalue weighted by atomic mass is 10.1. The third-order valence-electron chi connectivity index (χ3n) is 3.23. The van der Waals surface area contributed by atoms with Gasteiger partial charge in [-0.1, -0.05) is 36.9 Å². The summed E-state index contributed by atoms with van der Waals surface area (Å²) in [5, 5.41) is 20.7. The summed E-state index contributed by atoms with van der Waals surface area (Å²) in [6.07, 6.45) is 0.734. The monoisotopic (exact) mass is 316 g/mol. The Morgan fingerprint density at radius 3 is 2.50 bits per heavy atom. The molecule has 0 unspecified atom stereocenters. The number of aryl methyl sites for hydroxylation is 3. The molecule has 0 radical (unpaired) electrons. The zero-order valence-corrected chi connectivity index (χ0v) is 13.5. The molecule has 2 aromatic heterocycles. The van der Waals surface area contributed by atoms with Gasteiger partial charge in [-0.15, -0.1) is 15.3 Å². The standard InChI is InChI=1S/C14H16N6OS/c1-4-11-15-16-12(21-11)8-22-14-17-18-19-20(14)13-9(2)6-5-7-10(13)3/h5-7H,4,8H2,1-3H3.